The van der Waals surface area contributed by atoms with Crippen LogP contribution < -0.4 is 5.32 Å². The highest BCUT2D eigenvalue weighted by atomic mass is 79.9. The summed E-state index contributed by atoms with van der Waals surface area (Å²) >= 11 is 3.48. The number of nitrogens with one attached hydrogen (secondary N) is 1. The maximum atomic E-state index is 13.2. The molecule has 36 heavy (non-hydrogen) atoms. The van der Waals surface area contributed by atoms with Crippen LogP contribution in [0, 0.1) is 0 Å². The Kier molecular flexibility index (Phi) is 8.33. The molecule has 0 saturated heterocycles. The molecule has 3 aromatic rings. The third kappa shape index (κ3) is 6.28. The van der Waals surface area contributed by atoms with E-state index in [-0.39, 0.29) is 12.3 Å². The van der Waals surface area contributed by atoms with Gasteiger partial charge >= 0.3 is 5.97 Å². The van der Waals surface area contributed by atoms with Crippen molar-refractivity contribution in [1.82, 2.24) is 4.90 Å². The number of anilines is 1. The van der Waals surface area contributed by atoms with Gasteiger partial charge in [0.15, 0.2) is 0 Å². The summed E-state index contributed by atoms with van der Waals surface area (Å²) in [6.07, 6.45) is 1.57. The molecule has 0 bridgehead atoms. The Morgan fingerprint density at radius 2 is 1.86 bits per heavy atom. The third-order valence-corrected chi connectivity index (χ3v) is 6.71. The van der Waals surface area contributed by atoms with Crippen LogP contribution >= 0.6 is 15.9 Å². The van der Waals surface area contributed by atoms with Gasteiger partial charge in [0.25, 0.3) is 0 Å². The SMILES string of the molecule is CCCN(C)Cc1ccc(N=C(c2cccc(CCC(=O)O)c2)C2C(=O)Nc3cc(Br)ccc32)cc1. The van der Waals surface area contributed by atoms with Crippen LogP contribution in [0.15, 0.2) is 76.2 Å². The fraction of sp³-hybridized carbons (Fsp3) is 0.276. The Morgan fingerprint density at radius 1 is 1.08 bits per heavy atom. The molecule has 0 aromatic heterocycles. The number of aliphatic carboxylic acids is 1. The van der Waals surface area contributed by atoms with Gasteiger partial charge in [0.2, 0.25) is 5.91 Å². The molecule has 4 rings (SSSR count). The highest BCUT2D eigenvalue weighted by Crippen LogP contribution is 2.38. The average molecular weight is 548 g/mol. The van der Waals surface area contributed by atoms with Gasteiger partial charge in [-0.05, 0) is 79.0 Å². The van der Waals surface area contributed by atoms with Gasteiger partial charge in [0.05, 0.1) is 11.4 Å². The molecule has 0 radical (unpaired) electrons. The second-order valence-corrected chi connectivity index (χ2v) is 10.1. The largest absolute Gasteiger partial charge is 0.481 e. The fourth-order valence-corrected chi connectivity index (χ4v) is 4.89. The zero-order valence-corrected chi connectivity index (χ0v) is 22.1. The number of hydrogen-bond acceptors (Lipinski definition) is 4. The molecular formula is C29H30BrN3O3. The summed E-state index contributed by atoms with van der Waals surface area (Å²) in [6.45, 7) is 4.07. The minimum atomic E-state index is -0.839. The third-order valence-electron chi connectivity index (χ3n) is 6.21. The van der Waals surface area contributed by atoms with E-state index in [2.05, 4.69) is 52.3 Å². The predicted molar refractivity (Wildman–Crippen MR) is 147 cm³/mol. The van der Waals surface area contributed by atoms with Crippen molar-refractivity contribution in [2.75, 3.05) is 18.9 Å². The highest BCUT2D eigenvalue weighted by molar-refractivity contribution is 9.10. The molecule has 186 valence electrons. The number of rotatable bonds is 10. The normalized spacial score (nSPS) is 15.2. The van der Waals surface area contributed by atoms with Gasteiger partial charge < -0.3 is 15.3 Å². The summed E-state index contributed by atoms with van der Waals surface area (Å²) in [7, 11) is 2.11. The van der Waals surface area contributed by atoms with Crippen LogP contribution in [0.4, 0.5) is 11.4 Å². The summed E-state index contributed by atoms with van der Waals surface area (Å²) in [4.78, 5) is 31.6. The Morgan fingerprint density at radius 3 is 2.58 bits per heavy atom. The Bertz CT molecular complexity index is 1290. The Balaban J connectivity index is 1.73. The van der Waals surface area contributed by atoms with Crippen molar-refractivity contribution in [2.24, 2.45) is 4.99 Å². The van der Waals surface area contributed by atoms with E-state index in [1.807, 2.05) is 54.6 Å². The van der Waals surface area contributed by atoms with Crippen LogP contribution in [-0.2, 0) is 22.6 Å². The number of halogens is 1. The van der Waals surface area contributed by atoms with Crippen LogP contribution in [0.25, 0.3) is 0 Å². The van der Waals surface area contributed by atoms with Crippen LogP contribution in [0.2, 0.25) is 0 Å². The molecule has 3 aromatic carbocycles. The maximum Gasteiger partial charge on any atom is 0.303 e. The molecule has 1 heterocycles. The van der Waals surface area contributed by atoms with E-state index in [0.29, 0.717) is 12.1 Å². The summed E-state index contributed by atoms with van der Waals surface area (Å²) in [5, 5.41) is 12.1. The second kappa shape index (κ2) is 11.6. The second-order valence-electron chi connectivity index (χ2n) is 9.15. The lowest BCUT2D eigenvalue weighted by Crippen LogP contribution is -2.22. The first-order valence-corrected chi connectivity index (χ1v) is 12.9. The van der Waals surface area contributed by atoms with Gasteiger partial charge in [-0.1, -0.05) is 59.3 Å². The number of carboxylic acids is 1. The van der Waals surface area contributed by atoms with Crippen LogP contribution in [0.5, 0.6) is 0 Å². The van der Waals surface area contributed by atoms with Crippen LogP contribution in [0.1, 0.15) is 47.9 Å². The monoisotopic (exact) mass is 547 g/mol. The molecule has 2 N–H and O–H groups in total. The zero-order chi connectivity index (χ0) is 25.7. The molecule has 0 aliphatic carbocycles. The number of carbonyl (C=O) groups is 2. The molecule has 0 spiro atoms. The summed E-state index contributed by atoms with van der Waals surface area (Å²) in [5.74, 6) is -1.54. The number of nitrogens with zero attached hydrogens (tertiary/aromatic N) is 2. The van der Waals surface area contributed by atoms with Gasteiger partial charge in [0.1, 0.15) is 5.92 Å². The molecule has 6 nitrogen and oxygen atoms in total. The van der Waals surface area contributed by atoms with E-state index >= 15 is 0 Å². The standard InChI is InChI=1S/C29H30BrN3O3/c1-3-15-33(2)18-20-7-11-23(12-8-20)31-28(21-6-4-5-19(16-21)9-14-26(34)35)27-24-13-10-22(30)17-25(24)32-29(27)36/h4-8,10-13,16-17,27H,3,9,14-15,18H2,1-2H3,(H,32,36)(H,34,35). The highest BCUT2D eigenvalue weighted by Gasteiger charge is 2.35. The van der Waals surface area contributed by atoms with Crippen LogP contribution in [-0.4, -0.2) is 41.2 Å². The van der Waals surface area contributed by atoms with Crippen molar-refractivity contribution in [3.63, 3.8) is 0 Å². The number of aliphatic imine (C=N–C) groups is 1. The summed E-state index contributed by atoms with van der Waals surface area (Å²) in [5.41, 5.74) is 5.95. The number of benzene rings is 3. The Labute approximate surface area is 220 Å². The minimum absolute atomic E-state index is 0.0463. The maximum absolute atomic E-state index is 13.2. The number of aryl methyl sites for hydroxylation is 1. The van der Waals surface area contributed by atoms with E-state index in [0.717, 1.165) is 52.0 Å². The number of carboxylic acid groups (broad SMARTS) is 1. The predicted octanol–water partition coefficient (Wildman–Crippen LogP) is 6.16. The van der Waals surface area contributed by atoms with Crippen LogP contribution in [0.3, 0.4) is 0 Å². The average Bonchev–Trinajstić information content (AvgIpc) is 3.17. The van der Waals surface area contributed by atoms with E-state index in [4.69, 9.17) is 10.1 Å². The van der Waals surface area contributed by atoms with Gasteiger partial charge in [-0.25, -0.2) is 0 Å². The van der Waals surface area contributed by atoms with Crippen molar-refractivity contribution >= 4 is 44.9 Å². The van der Waals surface area contributed by atoms with Gasteiger partial charge in [-0.15, -0.1) is 0 Å². The lowest BCUT2D eigenvalue weighted by molar-refractivity contribution is -0.137. The van der Waals surface area contributed by atoms with Crippen molar-refractivity contribution in [3.05, 3.63) is 93.5 Å². The number of carbonyl (C=O) groups excluding carboxylic acids is 1. The minimum Gasteiger partial charge on any atom is -0.481 e. The van der Waals surface area contributed by atoms with E-state index in [1.165, 1.54) is 5.56 Å². The molecule has 1 aliphatic heterocycles. The van der Waals surface area contributed by atoms with Gasteiger partial charge in [0, 0.05) is 23.1 Å². The fourth-order valence-electron chi connectivity index (χ4n) is 4.53. The molecular weight excluding hydrogens is 518 g/mol. The number of amides is 1. The molecule has 7 heteroatoms. The van der Waals surface area contributed by atoms with Crippen molar-refractivity contribution in [2.45, 2.75) is 38.6 Å². The first-order valence-electron chi connectivity index (χ1n) is 12.1. The lowest BCUT2D eigenvalue weighted by atomic mass is 9.89. The van der Waals surface area contributed by atoms with Crippen molar-refractivity contribution < 1.29 is 14.7 Å². The van der Waals surface area contributed by atoms with Crippen molar-refractivity contribution in [3.8, 4) is 0 Å². The lowest BCUT2D eigenvalue weighted by Gasteiger charge is -2.16. The molecule has 1 aliphatic rings. The molecule has 1 amide bonds. The summed E-state index contributed by atoms with van der Waals surface area (Å²) in [6, 6.07) is 21.6. The molecule has 1 atom stereocenters. The quantitative estimate of drug-likeness (QED) is 0.297. The van der Waals surface area contributed by atoms with E-state index in [9.17, 15) is 9.59 Å². The summed E-state index contributed by atoms with van der Waals surface area (Å²) < 4.78 is 0.889. The van der Waals surface area contributed by atoms with Gasteiger partial charge in [-0.3, -0.25) is 14.6 Å². The van der Waals surface area contributed by atoms with E-state index in [1.54, 1.807) is 0 Å². The molecule has 0 saturated carbocycles. The zero-order valence-electron chi connectivity index (χ0n) is 20.5. The smallest absolute Gasteiger partial charge is 0.303 e. The van der Waals surface area contributed by atoms with E-state index < -0.39 is 11.9 Å². The molecule has 1 unspecified atom stereocenters. The first-order chi connectivity index (χ1) is 17.3. The Hall–Kier alpha value is -3.29. The molecule has 0 fully saturated rings. The number of hydrogen-bond donors (Lipinski definition) is 2. The number of fused-ring (bicyclic) bond motifs is 1. The van der Waals surface area contributed by atoms with Gasteiger partial charge in [-0.2, -0.15) is 0 Å². The van der Waals surface area contributed by atoms with Crippen molar-refractivity contribution in [1.29, 1.82) is 0 Å². The topological polar surface area (TPSA) is 82.0 Å². The first kappa shape index (κ1) is 25.8.